The Balaban J connectivity index is 1.94. The molecule has 2 rings (SSSR count). The van der Waals surface area contributed by atoms with E-state index in [1.807, 2.05) is 6.92 Å². The van der Waals surface area contributed by atoms with Crippen LogP contribution in [0, 0.1) is 5.92 Å². The summed E-state index contributed by atoms with van der Waals surface area (Å²) in [6, 6.07) is 6.34. The summed E-state index contributed by atoms with van der Waals surface area (Å²) in [6.07, 6.45) is 3.09. The van der Waals surface area contributed by atoms with Crippen molar-refractivity contribution in [2.45, 2.75) is 50.5 Å². The zero-order chi connectivity index (χ0) is 17.7. The van der Waals surface area contributed by atoms with Crippen molar-refractivity contribution in [2.24, 2.45) is 5.92 Å². The second kappa shape index (κ2) is 8.32. The highest BCUT2D eigenvalue weighted by atomic mass is 35.5. The lowest BCUT2D eigenvalue weighted by molar-refractivity contribution is -0.126. The van der Waals surface area contributed by atoms with Gasteiger partial charge in [-0.2, -0.15) is 4.31 Å². The molecule has 0 aliphatic carbocycles. The van der Waals surface area contributed by atoms with Crippen molar-refractivity contribution >= 4 is 27.5 Å². The summed E-state index contributed by atoms with van der Waals surface area (Å²) in [6.45, 7) is 4.82. The average Bonchev–Trinajstić information content (AvgIpc) is 2.55. The molecule has 1 atom stereocenters. The van der Waals surface area contributed by atoms with Gasteiger partial charge in [-0.3, -0.25) is 4.79 Å². The minimum absolute atomic E-state index is 0.0412. The van der Waals surface area contributed by atoms with Crippen molar-refractivity contribution < 1.29 is 13.2 Å². The van der Waals surface area contributed by atoms with Crippen LogP contribution in [-0.2, 0) is 14.8 Å². The van der Waals surface area contributed by atoms with Gasteiger partial charge in [0.2, 0.25) is 15.9 Å². The number of halogens is 1. The van der Waals surface area contributed by atoms with E-state index >= 15 is 0 Å². The van der Waals surface area contributed by atoms with E-state index in [9.17, 15) is 13.2 Å². The zero-order valence-electron chi connectivity index (χ0n) is 14.2. The number of piperidine rings is 1. The maximum atomic E-state index is 12.6. The Morgan fingerprint density at radius 3 is 2.42 bits per heavy atom. The van der Waals surface area contributed by atoms with Gasteiger partial charge < -0.3 is 5.32 Å². The Hall–Kier alpha value is -1.11. The van der Waals surface area contributed by atoms with Crippen LogP contribution in [0.25, 0.3) is 0 Å². The van der Waals surface area contributed by atoms with E-state index in [-0.39, 0.29) is 22.8 Å². The van der Waals surface area contributed by atoms with Gasteiger partial charge in [0.05, 0.1) is 4.90 Å². The van der Waals surface area contributed by atoms with Crippen LogP contribution in [0.1, 0.15) is 39.5 Å². The molecule has 7 heteroatoms. The van der Waals surface area contributed by atoms with Crippen molar-refractivity contribution in [1.29, 1.82) is 0 Å². The Labute approximate surface area is 149 Å². The highest BCUT2D eigenvalue weighted by Gasteiger charge is 2.32. The van der Waals surface area contributed by atoms with E-state index in [2.05, 4.69) is 12.2 Å². The SMILES string of the molecule is CCC[C@H](C)NC(=O)C1CCN(S(=O)(=O)c2ccc(Cl)cc2)CC1. The Kier molecular flexibility index (Phi) is 6.66. The molecule has 1 aromatic rings. The van der Waals surface area contributed by atoms with E-state index in [0.29, 0.717) is 31.0 Å². The third-order valence-electron chi connectivity index (χ3n) is 4.39. The monoisotopic (exact) mass is 372 g/mol. The molecule has 1 aliphatic heterocycles. The van der Waals surface area contributed by atoms with Crippen molar-refractivity contribution in [3.05, 3.63) is 29.3 Å². The topological polar surface area (TPSA) is 66.5 Å². The number of rotatable bonds is 6. The van der Waals surface area contributed by atoms with Crippen LogP contribution in [0.5, 0.6) is 0 Å². The second-order valence-corrected chi connectivity index (χ2v) is 8.70. The van der Waals surface area contributed by atoms with Crippen LogP contribution in [0.4, 0.5) is 0 Å². The Morgan fingerprint density at radius 1 is 1.29 bits per heavy atom. The number of amides is 1. The number of sulfonamides is 1. The maximum Gasteiger partial charge on any atom is 0.243 e. The normalized spacial score (nSPS) is 18.3. The molecule has 0 saturated carbocycles. The fourth-order valence-corrected chi connectivity index (χ4v) is 4.58. The molecular formula is C17H25ClN2O3S. The molecule has 5 nitrogen and oxygen atoms in total. The number of carbonyl (C=O) groups is 1. The molecule has 0 unspecified atom stereocenters. The molecular weight excluding hydrogens is 348 g/mol. The summed E-state index contributed by atoms with van der Waals surface area (Å²) in [4.78, 5) is 12.5. The fourth-order valence-electron chi connectivity index (χ4n) is 2.98. The minimum atomic E-state index is -3.52. The quantitative estimate of drug-likeness (QED) is 0.834. The number of nitrogens with one attached hydrogen (secondary N) is 1. The summed E-state index contributed by atoms with van der Waals surface area (Å²) in [5.74, 6) is -0.0690. The van der Waals surface area contributed by atoms with E-state index in [0.717, 1.165) is 12.8 Å². The van der Waals surface area contributed by atoms with Crippen LogP contribution in [0.15, 0.2) is 29.2 Å². The lowest BCUT2D eigenvalue weighted by atomic mass is 9.96. The molecule has 0 radical (unpaired) electrons. The van der Waals surface area contributed by atoms with E-state index in [4.69, 9.17) is 11.6 Å². The van der Waals surface area contributed by atoms with Gasteiger partial charge in [0.15, 0.2) is 0 Å². The van der Waals surface area contributed by atoms with Gasteiger partial charge in [-0.05, 0) is 50.5 Å². The molecule has 1 heterocycles. The van der Waals surface area contributed by atoms with E-state index in [1.54, 1.807) is 12.1 Å². The highest BCUT2D eigenvalue weighted by molar-refractivity contribution is 7.89. The summed E-state index contributed by atoms with van der Waals surface area (Å²) in [5, 5.41) is 3.53. The first-order valence-corrected chi connectivity index (χ1v) is 10.2. The summed E-state index contributed by atoms with van der Waals surface area (Å²) < 4.78 is 26.7. The third-order valence-corrected chi connectivity index (χ3v) is 6.55. The van der Waals surface area contributed by atoms with Crippen molar-refractivity contribution in [3.8, 4) is 0 Å². The lowest BCUT2D eigenvalue weighted by Crippen LogP contribution is -2.44. The molecule has 1 aromatic carbocycles. The predicted molar refractivity (Wildman–Crippen MR) is 95.4 cm³/mol. The average molecular weight is 373 g/mol. The molecule has 0 aromatic heterocycles. The first-order valence-electron chi connectivity index (χ1n) is 8.40. The number of hydrogen-bond acceptors (Lipinski definition) is 3. The smallest absolute Gasteiger partial charge is 0.243 e. The number of benzene rings is 1. The molecule has 1 saturated heterocycles. The molecule has 134 valence electrons. The Morgan fingerprint density at radius 2 is 1.88 bits per heavy atom. The van der Waals surface area contributed by atoms with Crippen molar-refractivity contribution in [2.75, 3.05) is 13.1 Å². The minimum Gasteiger partial charge on any atom is -0.353 e. The number of hydrogen-bond donors (Lipinski definition) is 1. The van der Waals surface area contributed by atoms with Gasteiger partial charge in [-0.25, -0.2) is 8.42 Å². The second-order valence-electron chi connectivity index (χ2n) is 6.33. The third kappa shape index (κ3) is 4.71. The van der Waals surface area contributed by atoms with Gasteiger partial charge in [0.25, 0.3) is 0 Å². The zero-order valence-corrected chi connectivity index (χ0v) is 15.7. The Bertz CT molecular complexity index is 653. The molecule has 0 bridgehead atoms. The van der Waals surface area contributed by atoms with Crippen molar-refractivity contribution in [3.63, 3.8) is 0 Å². The van der Waals surface area contributed by atoms with Crippen LogP contribution >= 0.6 is 11.6 Å². The molecule has 1 amide bonds. The molecule has 24 heavy (non-hydrogen) atoms. The highest BCUT2D eigenvalue weighted by Crippen LogP contribution is 2.25. The van der Waals surface area contributed by atoms with Gasteiger partial charge in [-0.15, -0.1) is 0 Å². The van der Waals surface area contributed by atoms with Gasteiger partial charge in [0, 0.05) is 30.1 Å². The van der Waals surface area contributed by atoms with Gasteiger partial charge in [0.1, 0.15) is 0 Å². The van der Waals surface area contributed by atoms with Crippen LogP contribution in [-0.4, -0.2) is 37.8 Å². The molecule has 0 spiro atoms. The summed E-state index contributed by atoms with van der Waals surface area (Å²) in [5.41, 5.74) is 0. The number of nitrogens with zero attached hydrogens (tertiary/aromatic N) is 1. The van der Waals surface area contributed by atoms with Crippen LogP contribution < -0.4 is 5.32 Å². The fraction of sp³-hybridized carbons (Fsp3) is 0.588. The van der Waals surface area contributed by atoms with E-state index in [1.165, 1.54) is 16.4 Å². The summed E-state index contributed by atoms with van der Waals surface area (Å²) >= 11 is 5.81. The molecule has 1 fully saturated rings. The lowest BCUT2D eigenvalue weighted by Gasteiger charge is -2.31. The standard InChI is InChI=1S/C17H25ClN2O3S/c1-3-4-13(2)19-17(21)14-9-11-20(12-10-14)24(22,23)16-7-5-15(18)6-8-16/h5-8,13-14H,3-4,9-12H2,1-2H3,(H,19,21)/t13-/m0/s1. The molecule has 1 aliphatic rings. The molecule has 1 N–H and O–H groups in total. The summed E-state index contributed by atoms with van der Waals surface area (Å²) in [7, 11) is -3.52. The largest absolute Gasteiger partial charge is 0.353 e. The van der Waals surface area contributed by atoms with Gasteiger partial charge >= 0.3 is 0 Å². The van der Waals surface area contributed by atoms with Crippen LogP contribution in [0.3, 0.4) is 0 Å². The van der Waals surface area contributed by atoms with Crippen molar-refractivity contribution in [1.82, 2.24) is 9.62 Å². The van der Waals surface area contributed by atoms with Gasteiger partial charge in [-0.1, -0.05) is 24.9 Å². The first kappa shape index (κ1) is 19.2. The van der Waals surface area contributed by atoms with Crippen LogP contribution in [0.2, 0.25) is 5.02 Å². The number of carbonyl (C=O) groups excluding carboxylic acids is 1. The predicted octanol–water partition coefficient (Wildman–Crippen LogP) is 3.05. The van der Waals surface area contributed by atoms with E-state index < -0.39 is 10.0 Å². The first-order chi connectivity index (χ1) is 11.3. The maximum absolute atomic E-state index is 12.6.